The largest absolute Gasteiger partial charge is 0.365 e. The number of nitrogens with two attached hydrogens (primary N) is 2. The van der Waals surface area contributed by atoms with Crippen molar-refractivity contribution >= 4 is 23.4 Å². The Bertz CT molecular complexity index is 1070. The predicted octanol–water partition coefficient (Wildman–Crippen LogP) is 1.83. The second-order valence-corrected chi connectivity index (χ2v) is 7.24. The first-order valence-electron chi connectivity index (χ1n) is 9.64. The molecule has 3 aromatic rings. The molecule has 2 atom stereocenters. The van der Waals surface area contributed by atoms with Gasteiger partial charge in [0.2, 0.25) is 5.95 Å². The number of nitrogens with one attached hydrogen (secondary N) is 2. The van der Waals surface area contributed by atoms with Gasteiger partial charge in [-0.2, -0.15) is 20.0 Å². The van der Waals surface area contributed by atoms with Crippen molar-refractivity contribution in [3.05, 3.63) is 48.4 Å². The quantitative estimate of drug-likeness (QED) is 0.463. The fourth-order valence-corrected chi connectivity index (χ4v) is 3.45. The van der Waals surface area contributed by atoms with Crippen molar-refractivity contribution in [3.63, 3.8) is 0 Å². The van der Waals surface area contributed by atoms with Crippen LogP contribution in [0.15, 0.2) is 42.9 Å². The van der Waals surface area contributed by atoms with E-state index in [4.69, 9.17) is 11.5 Å². The number of alkyl halides is 2. The fraction of sp³-hybridized carbons (Fsp3) is 0.316. The van der Waals surface area contributed by atoms with Gasteiger partial charge in [-0.25, -0.2) is 13.8 Å². The molecule has 0 saturated heterocycles. The van der Waals surface area contributed by atoms with Gasteiger partial charge in [-0.15, -0.1) is 0 Å². The zero-order valence-corrected chi connectivity index (χ0v) is 16.4. The Hall–Kier alpha value is -3.67. The summed E-state index contributed by atoms with van der Waals surface area (Å²) in [4.78, 5) is 21.6. The monoisotopic (exact) mass is 429 g/mol. The number of carbonyl (C=O) groups excluding carboxylic acids is 1. The summed E-state index contributed by atoms with van der Waals surface area (Å²) in [5, 5.41) is 14.0. The van der Waals surface area contributed by atoms with Gasteiger partial charge in [0.1, 0.15) is 11.4 Å². The van der Waals surface area contributed by atoms with Gasteiger partial charge in [0.25, 0.3) is 11.8 Å². The lowest BCUT2D eigenvalue weighted by atomic mass is 9.87. The average molecular weight is 429 g/mol. The number of carbonyl (C=O) groups is 1. The molecule has 0 bridgehead atoms. The second kappa shape index (κ2) is 8.22. The van der Waals surface area contributed by atoms with Gasteiger partial charge in [-0.1, -0.05) is 6.07 Å². The maximum absolute atomic E-state index is 14.0. The van der Waals surface area contributed by atoms with Crippen LogP contribution in [0.4, 0.5) is 26.2 Å². The first-order chi connectivity index (χ1) is 14.8. The molecule has 0 spiro atoms. The SMILES string of the molecule is NC(=O)c1cnc(N[C@@H]2CCCC(F)(F)[C@@H]2N)nc1Nc1cccc(-n2nccn2)c1. The van der Waals surface area contributed by atoms with E-state index in [1.54, 1.807) is 36.7 Å². The molecule has 12 heteroatoms. The predicted molar refractivity (Wildman–Crippen MR) is 109 cm³/mol. The third-order valence-corrected chi connectivity index (χ3v) is 5.07. The van der Waals surface area contributed by atoms with E-state index >= 15 is 0 Å². The van der Waals surface area contributed by atoms with Crippen LogP contribution >= 0.6 is 0 Å². The van der Waals surface area contributed by atoms with E-state index < -0.39 is 23.9 Å². The molecule has 0 aliphatic heterocycles. The minimum absolute atomic E-state index is 0.0476. The smallest absolute Gasteiger partial charge is 0.264 e. The number of anilines is 3. The van der Waals surface area contributed by atoms with Gasteiger partial charge >= 0.3 is 0 Å². The molecule has 162 valence electrons. The molecule has 1 aliphatic carbocycles. The van der Waals surface area contributed by atoms with Gasteiger partial charge in [-0.3, -0.25) is 4.79 Å². The van der Waals surface area contributed by atoms with E-state index in [0.29, 0.717) is 24.2 Å². The molecule has 1 saturated carbocycles. The lowest BCUT2D eigenvalue weighted by Gasteiger charge is -2.35. The lowest BCUT2D eigenvalue weighted by Crippen LogP contribution is -2.55. The first-order valence-corrected chi connectivity index (χ1v) is 9.64. The van der Waals surface area contributed by atoms with E-state index in [1.165, 1.54) is 11.0 Å². The zero-order valence-electron chi connectivity index (χ0n) is 16.4. The summed E-state index contributed by atoms with van der Waals surface area (Å²) in [6.45, 7) is 0. The number of nitrogens with zero attached hydrogens (tertiary/aromatic N) is 5. The molecule has 31 heavy (non-hydrogen) atoms. The lowest BCUT2D eigenvalue weighted by molar-refractivity contribution is -0.0555. The maximum atomic E-state index is 14.0. The van der Waals surface area contributed by atoms with Crippen molar-refractivity contribution in [1.29, 1.82) is 0 Å². The average Bonchev–Trinajstić information content (AvgIpc) is 3.27. The number of rotatable bonds is 6. The van der Waals surface area contributed by atoms with Crippen molar-refractivity contribution in [3.8, 4) is 5.69 Å². The number of primary amides is 1. The van der Waals surface area contributed by atoms with E-state index in [9.17, 15) is 13.6 Å². The highest BCUT2D eigenvalue weighted by Crippen LogP contribution is 2.33. The molecule has 2 heterocycles. The number of amides is 1. The molecule has 6 N–H and O–H groups in total. The highest BCUT2D eigenvalue weighted by atomic mass is 19.3. The fourth-order valence-electron chi connectivity index (χ4n) is 3.45. The van der Waals surface area contributed by atoms with Crippen molar-refractivity contribution < 1.29 is 13.6 Å². The molecule has 2 aromatic heterocycles. The van der Waals surface area contributed by atoms with Gasteiger partial charge in [0.05, 0.1) is 30.2 Å². The molecule has 0 radical (unpaired) electrons. The van der Waals surface area contributed by atoms with Crippen molar-refractivity contribution in [2.24, 2.45) is 11.5 Å². The van der Waals surface area contributed by atoms with Crippen LogP contribution < -0.4 is 22.1 Å². The summed E-state index contributed by atoms with van der Waals surface area (Å²) >= 11 is 0. The van der Waals surface area contributed by atoms with E-state index in [2.05, 4.69) is 30.8 Å². The summed E-state index contributed by atoms with van der Waals surface area (Å²) < 4.78 is 27.9. The Kier molecular flexibility index (Phi) is 5.46. The van der Waals surface area contributed by atoms with Crippen LogP contribution in [0.1, 0.15) is 29.6 Å². The van der Waals surface area contributed by atoms with E-state index in [1.807, 2.05) is 0 Å². The summed E-state index contributed by atoms with van der Waals surface area (Å²) in [6, 6.07) is 5.01. The minimum Gasteiger partial charge on any atom is -0.365 e. The Morgan fingerprint density at radius 1 is 1.26 bits per heavy atom. The highest BCUT2D eigenvalue weighted by Gasteiger charge is 2.44. The molecular formula is C19H21F2N9O. The Morgan fingerprint density at radius 2 is 2.03 bits per heavy atom. The number of hydrogen-bond donors (Lipinski definition) is 4. The summed E-state index contributed by atoms with van der Waals surface area (Å²) in [7, 11) is 0. The van der Waals surface area contributed by atoms with Crippen molar-refractivity contribution in [1.82, 2.24) is 25.0 Å². The third-order valence-electron chi connectivity index (χ3n) is 5.07. The number of hydrogen-bond acceptors (Lipinski definition) is 8. The molecule has 1 amide bonds. The van der Waals surface area contributed by atoms with Crippen molar-refractivity contribution in [2.45, 2.75) is 37.3 Å². The molecule has 4 rings (SSSR count). The van der Waals surface area contributed by atoms with Crippen LogP contribution in [0.3, 0.4) is 0 Å². The molecular weight excluding hydrogens is 408 g/mol. The number of halogens is 2. The molecule has 10 nitrogen and oxygen atoms in total. The second-order valence-electron chi connectivity index (χ2n) is 7.24. The normalized spacial score (nSPS) is 20.2. The van der Waals surface area contributed by atoms with Gasteiger partial charge in [0.15, 0.2) is 0 Å². The van der Waals surface area contributed by atoms with Crippen LogP contribution in [0.5, 0.6) is 0 Å². The van der Waals surface area contributed by atoms with Gasteiger partial charge in [-0.05, 0) is 31.0 Å². The Balaban J connectivity index is 1.60. The molecule has 1 aromatic carbocycles. The molecule has 1 fully saturated rings. The molecule has 1 aliphatic rings. The van der Waals surface area contributed by atoms with Crippen LogP contribution in [0.25, 0.3) is 5.69 Å². The summed E-state index contributed by atoms with van der Waals surface area (Å²) in [5.74, 6) is -3.51. The minimum atomic E-state index is -2.97. The van der Waals surface area contributed by atoms with Gasteiger partial charge < -0.3 is 22.1 Å². The third kappa shape index (κ3) is 4.43. The topological polar surface area (TPSA) is 150 Å². The summed E-state index contributed by atoms with van der Waals surface area (Å²) in [6.07, 6.45) is 4.88. The van der Waals surface area contributed by atoms with Crippen LogP contribution in [-0.2, 0) is 0 Å². The van der Waals surface area contributed by atoms with Crippen LogP contribution in [0.2, 0.25) is 0 Å². The van der Waals surface area contributed by atoms with Crippen molar-refractivity contribution in [2.75, 3.05) is 10.6 Å². The molecule has 0 unspecified atom stereocenters. The number of benzene rings is 1. The van der Waals surface area contributed by atoms with E-state index in [0.717, 1.165) is 0 Å². The Labute approximate surface area is 176 Å². The zero-order chi connectivity index (χ0) is 22.0. The van der Waals surface area contributed by atoms with Gasteiger partial charge in [0, 0.05) is 18.3 Å². The highest BCUT2D eigenvalue weighted by molar-refractivity contribution is 5.98. The van der Waals surface area contributed by atoms with Crippen LogP contribution in [-0.4, -0.2) is 48.9 Å². The van der Waals surface area contributed by atoms with E-state index in [-0.39, 0.29) is 23.8 Å². The maximum Gasteiger partial charge on any atom is 0.264 e. The Morgan fingerprint density at radius 3 is 2.77 bits per heavy atom. The van der Waals surface area contributed by atoms with Crippen LogP contribution in [0, 0.1) is 0 Å². The standard InChI is InChI=1S/C19H21F2N9O/c20-19(21)6-2-5-14(15(19)22)28-18-24-10-13(16(23)31)17(29-18)27-11-3-1-4-12(9-11)30-25-7-8-26-30/h1,3-4,7-10,14-15H,2,5-6,22H2,(H2,23,31)(H2,24,27,28,29)/t14-,15-/m1/s1. The number of aromatic nitrogens is 5. The first kappa shape index (κ1) is 20.6. The summed E-state index contributed by atoms with van der Waals surface area (Å²) in [5.41, 5.74) is 12.5.